The Morgan fingerprint density at radius 3 is 2.76 bits per heavy atom. The van der Waals surface area contributed by atoms with Crippen LogP contribution in [0.15, 0.2) is 42.5 Å². The zero-order chi connectivity index (χ0) is 20.4. The average Bonchev–Trinajstić information content (AvgIpc) is 3.03. The van der Waals surface area contributed by atoms with Crippen LogP contribution in [-0.4, -0.2) is 35.2 Å². The number of fused-ring (bicyclic) bond motifs is 1. The van der Waals surface area contributed by atoms with Crippen LogP contribution in [-0.2, 0) is 29.1 Å². The minimum Gasteiger partial charge on any atom is -0.381 e. The first-order chi connectivity index (χ1) is 14.0. The highest BCUT2D eigenvalue weighted by atomic mass is 16.2. The number of imide groups is 1. The number of carbonyl (C=O) groups is 3. The van der Waals surface area contributed by atoms with Gasteiger partial charge in [-0.1, -0.05) is 24.3 Å². The zero-order valence-corrected chi connectivity index (χ0v) is 16.1. The second-order valence-corrected chi connectivity index (χ2v) is 7.48. The fourth-order valence-electron chi connectivity index (χ4n) is 3.92. The minimum atomic E-state index is -0.584. The monoisotopic (exact) mass is 392 g/mol. The highest BCUT2D eigenvalue weighted by Crippen LogP contribution is 2.28. The van der Waals surface area contributed by atoms with Crippen LogP contribution in [0.25, 0.3) is 0 Å². The van der Waals surface area contributed by atoms with Crippen LogP contribution < -0.4 is 16.4 Å². The van der Waals surface area contributed by atoms with E-state index in [1.165, 1.54) is 5.56 Å². The maximum atomic E-state index is 12.9. The Morgan fingerprint density at radius 1 is 1.10 bits per heavy atom. The lowest BCUT2D eigenvalue weighted by Crippen LogP contribution is -2.52. The first kappa shape index (κ1) is 19.1. The molecule has 1 unspecified atom stereocenters. The van der Waals surface area contributed by atoms with E-state index in [1.807, 2.05) is 30.3 Å². The van der Waals surface area contributed by atoms with Crippen molar-refractivity contribution >= 4 is 23.4 Å². The summed E-state index contributed by atoms with van der Waals surface area (Å²) < 4.78 is 0. The zero-order valence-electron chi connectivity index (χ0n) is 16.1. The molecule has 3 amide bonds. The molecule has 2 aromatic carbocycles. The molecule has 0 aromatic heterocycles. The largest absolute Gasteiger partial charge is 0.381 e. The minimum absolute atomic E-state index is 0.152. The summed E-state index contributed by atoms with van der Waals surface area (Å²) in [6.45, 7) is 1.60. The van der Waals surface area contributed by atoms with Gasteiger partial charge in [-0.25, -0.2) is 0 Å². The Labute approximate surface area is 169 Å². The molecule has 1 saturated heterocycles. The number of rotatable bonds is 6. The molecule has 0 radical (unpaired) electrons. The number of carbonyl (C=O) groups excluding carboxylic acids is 3. The van der Waals surface area contributed by atoms with Crippen LogP contribution in [0.2, 0.25) is 0 Å². The van der Waals surface area contributed by atoms with Crippen molar-refractivity contribution in [2.75, 3.05) is 11.9 Å². The number of nitrogens with two attached hydrogens (primary N) is 1. The molecule has 2 heterocycles. The van der Waals surface area contributed by atoms with Gasteiger partial charge in [-0.15, -0.1) is 0 Å². The molecule has 4 N–H and O–H groups in total. The predicted octanol–water partition coefficient (Wildman–Crippen LogP) is 1.56. The molecule has 4 rings (SSSR count). The standard InChI is InChI=1S/C22H24N4O3/c23-9-8-14-2-1-3-17(10-14)24-12-15-4-5-16-13-26(22(29)18(16)11-15)19-6-7-20(27)25-21(19)28/h1-5,10-11,19,24H,6-9,12-13,23H2,(H,25,27,28). The molecule has 7 heteroatoms. The van der Waals surface area contributed by atoms with Gasteiger partial charge in [0.1, 0.15) is 6.04 Å². The fraction of sp³-hybridized carbons (Fsp3) is 0.318. The lowest BCUT2D eigenvalue weighted by Gasteiger charge is -2.29. The van der Waals surface area contributed by atoms with E-state index in [0.717, 1.165) is 23.2 Å². The van der Waals surface area contributed by atoms with Gasteiger partial charge in [-0.3, -0.25) is 19.7 Å². The van der Waals surface area contributed by atoms with Crippen molar-refractivity contribution in [3.63, 3.8) is 0 Å². The van der Waals surface area contributed by atoms with Crippen molar-refractivity contribution in [1.29, 1.82) is 0 Å². The van der Waals surface area contributed by atoms with E-state index in [9.17, 15) is 14.4 Å². The van der Waals surface area contributed by atoms with Crippen molar-refractivity contribution < 1.29 is 14.4 Å². The summed E-state index contributed by atoms with van der Waals surface area (Å²) in [5.41, 5.74) is 10.3. The van der Waals surface area contributed by atoms with Crippen molar-refractivity contribution in [1.82, 2.24) is 10.2 Å². The molecule has 0 aliphatic carbocycles. The van der Waals surface area contributed by atoms with Gasteiger partial charge in [0.05, 0.1) is 0 Å². The third-order valence-corrected chi connectivity index (χ3v) is 5.45. The van der Waals surface area contributed by atoms with Crippen molar-refractivity contribution in [2.24, 2.45) is 5.73 Å². The Hall–Kier alpha value is -3.19. The maximum Gasteiger partial charge on any atom is 0.255 e. The summed E-state index contributed by atoms with van der Waals surface area (Å²) in [6, 6.07) is 13.4. The molecule has 1 atom stereocenters. The van der Waals surface area contributed by atoms with E-state index in [-0.39, 0.29) is 24.1 Å². The van der Waals surface area contributed by atoms with Crippen LogP contribution >= 0.6 is 0 Å². The quantitative estimate of drug-likeness (QED) is 0.647. The smallest absolute Gasteiger partial charge is 0.255 e. The van der Waals surface area contributed by atoms with Crippen molar-refractivity contribution in [2.45, 2.75) is 38.4 Å². The fourth-order valence-corrected chi connectivity index (χ4v) is 3.92. The molecule has 0 saturated carbocycles. The normalized spacial score (nSPS) is 18.6. The van der Waals surface area contributed by atoms with Gasteiger partial charge in [-0.2, -0.15) is 0 Å². The number of anilines is 1. The van der Waals surface area contributed by atoms with E-state index in [0.29, 0.717) is 31.6 Å². The van der Waals surface area contributed by atoms with Gasteiger partial charge in [0.2, 0.25) is 11.8 Å². The van der Waals surface area contributed by atoms with Crippen LogP contribution in [0.1, 0.15) is 39.9 Å². The van der Waals surface area contributed by atoms with E-state index in [1.54, 1.807) is 4.90 Å². The van der Waals surface area contributed by atoms with E-state index in [4.69, 9.17) is 5.73 Å². The van der Waals surface area contributed by atoms with Crippen LogP contribution in [0, 0.1) is 0 Å². The lowest BCUT2D eigenvalue weighted by atomic mass is 10.0. The average molecular weight is 392 g/mol. The molecule has 150 valence electrons. The Kier molecular flexibility index (Phi) is 5.31. The van der Waals surface area contributed by atoms with Crippen molar-refractivity contribution in [3.05, 3.63) is 64.7 Å². The SMILES string of the molecule is NCCc1cccc(NCc2ccc3c(c2)C(=O)N(C2CCC(=O)NC2=O)C3)c1. The Morgan fingerprint density at radius 2 is 1.97 bits per heavy atom. The van der Waals surface area contributed by atoms with Gasteiger partial charge in [0.25, 0.3) is 5.91 Å². The van der Waals surface area contributed by atoms with Gasteiger partial charge in [0.15, 0.2) is 0 Å². The van der Waals surface area contributed by atoms with Gasteiger partial charge < -0.3 is 16.0 Å². The van der Waals surface area contributed by atoms with E-state index >= 15 is 0 Å². The lowest BCUT2D eigenvalue weighted by molar-refractivity contribution is -0.136. The molecule has 0 spiro atoms. The second-order valence-electron chi connectivity index (χ2n) is 7.48. The highest BCUT2D eigenvalue weighted by molar-refractivity contribution is 6.05. The van der Waals surface area contributed by atoms with E-state index < -0.39 is 6.04 Å². The molecule has 2 aromatic rings. The molecular formula is C22H24N4O3. The second kappa shape index (κ2) is 8.05. The number of benzene rings is 2. The van der Waals surface area contributed by atoms with Crippen LogP contribution in [0.5, 0.6) is 0 Å². The van der Waals surface area contributed by atoms with Crippen LogP contribution in [0.3, 0.4) is 0 Å². The number of hydrogen-bond acceptors (Lipinski definition) is 5. The topological polar surface area (TPSA) is 105 Å². The molecule has 7 nitrogen and oxygen atoms in total. The Balaban J connectivity index is 1.45. The van der Waals surface area contributed by atoms with Crippen molar-refractivity contribution in [3.8, 4) is 0 Å². The summed E-state index contributed by atoms with van der Waals surface area (Å²) in [4.78, 5) is 38.0. The van der Waals surface area contributed by atoms with Crippen LogP contribution in [0.4, 0.5) is 5.69 Å². The maximum absolute atomic E-state index is 12.9. The first-order valence-electron chi connectivity index (χ1n) is 9.84. The molecule has 29 heavy (non-hydrogen) atoms. The number of hydrogen-bond donors (Lipinski definition) is 3. The molecule has 2 aliphatic heterocycles. The highest BCUT2D eigenvalue weighted by Gasteiger charge is 2.39. The predicted molar refractivity (Wildman–Crippen MR) is 109 cm³/mol. The summed E-state index contributed by atoms with van der Waals surface area (Å²) >= 11 is 0. The molecule has 2 aliphatic rings. The Bertz CT molecular complexity index is 972. The number of nitrogens with zero attached hydrogens (tertiary/aromatic N) is 1. The van der Waals surface area contributed by atoms with E-state index in [2.05, 4.69) is 22.8 Å². The van der Waals surface area contributed by atoms with Gasteiger partial charge in [0, 0.05) is 30.8 Å². The van der Waals surface area contributed by atoms with Gasteiger partial charge in [-0.05, 0) is 54.3 Å². The van der Waals surface area contributed by atoms with Gasteiger partial charge >= 0.3 is 0 Å². The molecule has 1 fully saturated rings. The number of piperidine rings is 1. The molecular weight excluding hydrogens is 368 g/mol. The third kappa shape index (κ3) is 4.00. The summed E-state index contributed by atoms with van der Waals surface area (Å²) in [7, 11) is 0. The molecule has 0 bridgehead atoms. The summed E-state index contributed by atoms with van der Waals surface area (Å²) in [5, 5.41) is 5.71. The third-order valence-electron chi connectivity index (χ3n) is 5.45. The number of nitrogens with one attached hydrogen (secondary N) is 2. The summed E-state index contributed by atoms with van der Waals surface area (Å²) in [6.07, 6.45) is 1.46. The summed E-state index contributed by atoms with van der Waals surface area (Å²) in [5.74, 6) is -0.817. The number of amides is 3. The first-order valence-corrected chi connectivity index (χ1v) is 9.84.